The Morgan fingerprint density at radius 2 is 2.30 bits per heavy atom. The van der Waals surface area contributed by atoms with E-state index >= 15 is 0 Å². The second-order valence-electron chi connectivity index (χ2n) is 6.53. The van der Waals surface area contributed by atoms with Crippen LogP contribution in [0.5, 0.6) is 0 Å². The van der Waals surface area contributed by atoms with Gasteiger partial charge in [0.2, 0.25) is 5.82 Å². The lowest BCUT2D eigenvalue weighted by Gasteiger charge is -2.18. The summed E-state index contributed by atoms with van der Waals surface area (Å²) in [5.41, 5.74) is 1.47. The number of esters is 1. The molecule has 3 aromatic rings. The van der Waals surface area contributed by atoms with Gasteiger partial charge in [-0.2, -0.15) is 4.98 Å². The number of anilines is 1. The molecule has 27 heavy (non-hydrogen) atoms. The second-order valence-corrected chi connectivity index (χ2v) is 7.64. The highest BCUT2D eigenvalue weighted by Crippen LogP contribution is 2.40. The predicted octanol–water partition coefficient (Wildman–Crippen LogP) is 2.74. The summed E-state index contributed by atoms with van der Waals surface area (Å²) in [6, 6.07) is 1.71. The number of carbonyl (C=O) groups is 2. The molecule has 8 nitrogen and oxygen atoms in total. The summed E-state index contributed by atoms with van der Waals surface area (Å²) in [7, 11) is 0. The van der Waals surface area contributed by atoms with Crippen LogP contribution in [0.4, 0.5) is 5.00 Å². The Kier molecular flexibility index (Phi) is 4.61. The minimum absolute atomic E-state index is 0.00301. The maximum atomic E-state index is 12.7. The summed E-state index contributed by atoms with van der Waals surface area (Å²) in [6.07, 6.45) is 5.98. The van der Waals surface area contributed by atoms with Crippen molar-refractivity contribution in [3.05, 3.63) is 40.3 Å². The molecule has 0 unspecified atom stereocenters. The van der Waals surface area contributed by atoms with Gasteiger partial charge in [0.05, 0.1) is 12.2 Å². The van der Waals surface area contributed by atoms with Crippen molar-refractivity contribution in [2.24, 2.45) is 5.92 Å². The second kappa shape index (κ2) is 7.07. The third kappa shape index (κ3) is 3.30. The molecule has 0 saturated heterocycles. The van der Waals surface area contributed by atoms with Crippen LogP contribution in [-0.2, 0) is 17.6 Å². The largest absolute Gasteiger partial charge is 0.462 e. The van der Waals surface area contributed by atoms with Crippen LogP contribution >= 0.6 is 11.3 Å². The minimum atomic E-state index is -0.474. The molecule has 1 N–H and O–H groups in total. The van der Waals surface area contributed by atoms with Gasteiger partial charge in [0.1, 0.15) is 5.00 Å². The Hall–Kier alpha value is -2.81. The first-order valence-electron chi connectivity index (χ1n) is 8.87. The van der Waals surface area contributed by atoms with Crippen LogP contribution in [-0.4, -0.2) is 38.1 Å². The Bertz CT molecular complexity index is 992. The number of aromatic nitrogens is 4. The lowest BCUT2D eigenvalue weighted by Crippen LogP contribution is -2.17. The lowest BCUT2D eigenvalue weighted by molar-refractivity contribution is 0.0526. The van der Waals surface area contributed by atoms with Crippen LogP contribution in [0.2, 0.25) is 0 Å². The SMILES string of the molecule is CCOC(=O)c1c(NC(=O)c2nc3ncccn3n2)sc2c1CC[C@@H](C)C2. The van der Waals surface area contributed by atoms with Crippen LogP contribution in [0.25, 0.3) is 5.78 Å². The van der Waals surface area contributed by atoms with Gasteiger partial charge in [-0.25, -0.2) is 14.3 Å². The third-order valence-corrected chi connectivity index (χ3v) is 5.71. The highest BCUT2D eigenvalue weighted by atomic mass is 32.1. The van der Waals surface area contributed by atoms with Crippen LogP contribution in [0.15, 0.2) is 18.5 Å². The van der Waals surface area contributed by atoms with Crippen molar-refractivity contribution in [2.45, 2.75) is 33.1 Å². The van der Waals surface area contributed by atoms with Gasteiger partial charge < -0.3 is 10.1 Å². The van der Waals surface area contributed by atoms with E-state index in [-0.39, 0.29) is 12.4 Å². The molecule has 0 aliphatic heterocycles. The lowest BCUT2D eigenvalue weighted by atomic mass is 9.88. The molecular weight excluding hydrogens is 366 g/mol. The molecule has 0 bridgehead atoms. The Labute approximate surface area is 159 Å². The number of amides is 1. The van der Waals surface area contributed by atoms with E-state index in [9.17, 15) is 9.59 Å². The standard InChI is InChI=1S/C18H19N5O3S/c1-3-26-17(25)13-11-6-5-10(2)9-12(11)27-16(13)21-15(24)14-20-18-19-7-4-8-23(18)22-14/h4,7-8,10H,3,5-6,9H2,1-2H3,(H,21,24)/t10-/m1/s1. The van der Waals surface area contributed by atoms with E-state index < -0.39 is 11.9 Å². The topological polar surface area (TPSA) is 98.5 Å². The molecule has 3 heterocycles. The van der Waals surface area contributed by atoms with Crippen LogP contribution in [0.3, 0.4) is 0 Å². The zero-order chi connectivity index (χ0) is 19.0. The first kappa shape index (κ1) is 17.6. The van der Waals surface area contributed by atoms with E-state index in [4.69, 9.17) is 4.74 Å². The number of hydrogen-bond donors (Lipinski definition) is 1. The Balaban J connectivity index is 1.68. The number of thiophene rings is 1. The van der Waals surface area contributed by atoms with Crippen LogP contribution < -0.4 is 5.32 Å². The van der Waals surface area contributed by atoms with Crippen molar-refractivity contribution < 1.29 is 14.3 Å². The summed E-state index contributed by atoms with van der Waals surface area (Å²) in [6.45, 7) is 4.25. The quantitative estimate of drug-likeness (QED) is 0.694. The molecule has 0 aromatic carbocycles. The van der Waals surface area contributed by atoms with E-state index in [1.54, 1.807) is 25.4 Å². The maximum absolute atomic E-state index is 12.7. The fourth-order valence-corrected chi connectivity index (χ4v) is 4.64. The molecule has 3 aromatic heterocycles. The highest BCUT2D eigenvalue weighted by molar-refractivity contribution is 7.17. The molecule has 0 spiro atoms. The minimum Gasteiger partial charge on any atom is -0.462 e. The molecule has 0 radical (unpaired) electrons. The zero-order valence-electron chi connectivity index (χ0n) is 15.1. The average Bonchev–Trinajstić information content (AvgIpc) is 3.22. The normalized spacial score (nSPS) is 16.1. The smallest absolute Gasteiger partial charge is 0.341 e. The van der Waals surface area contributed by atoms with Crippen molar-refractivity contribution in [1.82, 2.24) is 19.6 Å². The Morgan fingerprint density at radius 3 is 3.07 bits per heavy atom. The summed E-state index contributed by atoms with van der Waals surface area (Å²) in [5.74, 6) is 0.0268. The number of carbonyl (C=O) groups excluding carboxylic acids is 2. The first-order chi connectivity index (χ1) is 13.1. The summed E-state index contributed by atoms with van der Waals surface area (Å²) in [4.78, 5) is 34.5. The van der Waals surface area contributed by atoms with Gasteiger partial charge in [-0.1, -0.05) is 6.92 Å². The number of hydrogen-bond acceptors (Lipinski definition) is 7. The van der Waals surface area contributed by atoms with Gasteiger partial charge in [0, 0.05) is 17.3 Å². The summed E-state index contributed by atoms with van der Waals surface area (Å²) < 4.78 is 6.66. The van der Waals surface area contributed by atoms with Crippen LogP contribution in [0.1, 0.15) is 51.7 Å². The van der Waals surface area contributed by atoms with Gasteiger partial charge in [0.15, 0.2) is 0 Å². The number of nitrogens with one attached hydrogen (secondary N) is 1. The van der Waals surface area contributed by atoms with Gasteiger partial charge >= 0.3 is 5.97 Å². The van der Waals surface area contributed by atoms with E-state index in [0.29, 0.717) is 22.3 Å². The highest BCUT2D eigenvalue weighted by Gasteiger charge is 2.29. The molecule has 1 aliphatic rings. The molecule has 1 aliphatic carbocycles. The molecule has 9 heteroatoms. The number of rotatable bonds is 4. The predicted molar refractivity (Wildman–Crippen MR) is 100 cm³/mol. The van der Waals surface area contributed by atoms with Crippen molar-refractivity contribution in [2.75, 3.05) is 11.9 Å². The van der Waals surface area contributed by atoms with Gasteiger partial charge in [-0.3, -0.25) is 4.79 Å². The fourth-order valence-electron chi connectivity index (χ4n) is 3.25. The molecule has 4 rings (SSSR count). The molecule has 1 amide bonds. The summed E-state index contributed by atoms with van der Waals surface area (Å²) in [5, 5.41) is 7.45. The first-order valence-corrected chi connectivity index (χ1v) is 9.68. The van der Waals surface area contributed by atoms with Crippen molar-refractivity contribution in [1.29, 1.82) is 0 Å². The zero-order valence-corrected chi connectivity index (χ0v) is 15.9. The van der Waals surface area contributed by atoms with Crippen molar-refractivity contribution in [3.63, 3.8) is 0 Å². The molecule has 0 fully saturated rings. The fraction of sp³-hybridized carbons (Fsp3) is 0.389. The monoisotopic (exact) mass is 385 g/mol. The molecule has 140 valence electrons. The molecule has 0 saturated carbocycles. The third-order valence-electron chi connectivity index (χ3n) is 4.54. The summed E-state index contributed by atoms with van der Waals surface area (Å²) >= 11 is 1.44. The maximum Gasteiger partial charge on any atom is 0.341 e. The van der Waals surface area contributed by atoms with E-state index in [1.165, 1.54) is 15.9 Å². The van der Waals surface area contributed by atoms with Crippen LogP contribution in [0, 0.1) is 5.92 Å². The molecule has 1 atom stereocenters. The van der Waals surface area contributed by atoms with E-state index in [0.717, 1.165) is 29.7 Å². The molecular formula is C18H19N5O3S. The average molecular weight is 385 g/mol. The number of nitrogens with zero attached hydrogens (tertiary/aromatic N) is 4. The number of ether oxygens (including phenoxy) is 1. The van der Waals surface area contributed by atoms with Gasteiger partial charge in [0.25, 0.3) is 11.7 Å². The Morgan fingerprint density at radius 1 is 1.44 bits per heavy atom. The van der Waals surface area contributed by atoms with Crippen molar-refractivity contribution >= 4 is 34.0 Å². The van der Waals surface area contributed by atoms with Crippen molar-refractivity contribution in [3.8, 4) is 0 Å². The van der Waals surface area contributed by atoms with Gasteiger partial charge in [-0.05, 0) is 43.7 Å². The van der Waals surface area contributed by atoms with Gasteiger partial charge in [-0.15, -0.1) is 16.4 Å². The van der Waals surface area contributed by atoms with E-state index in [1.807, 2.05) is 0 Å². The number of fused-ring (bicyclic) bond motifs is 2. The van der Waals surface area contributed by atoms with E-state index in [2.05, 4.69) is 27.3 Å².